The minimum atomic E-state index is -1.50. The van der Waals surface area contributed by atoms with E-state index in [0.717, 1.165) is 23.1 Å². The molecule has 0 spiro atoms. The summed E-state index contributed by atoms with van der Waals surface area (Å²) in [6.07, 6.45) is 0.594. The highest BCUT2D eigenvalue weighted by atomic mass is 32.2. The van der Waals surface area contributed by atoms with E-state index < -0.39 is 11.1 Å². The van der Waals surface area contributed by atoms with Crippen LogP contribution in [0.25, 0.3) is 0 Å². The molecule has 0 saturated heterocycles. The van der Waals surface area contributed by atoms with Crippen LogP contribution in [0.15, 0.2) is 77.7 Å². The van der Waals surface area contributed by atoms with Crippen LogP contribution in [-0.2, 0) is 21.7 Å². The number of benzene rings is 3. The number of aryl methyl sites for hydroxylation is 1. The highest BCUT2D eigenvalue weighted by Gasteiger charge is 2.27. The van der Waals surface area contributed by atoms with E-state index in [-0.39, 0.29) is 6.10 Å². The summed E-state index contributed by atoms with van der Waals surface area (Å²) in [6.45, 7) is 2.02. The summed E-state index contributed by atoms with van der Waals surface area (Å²) in [7, 11) is 0. The number of fused-ring (bicyclic) bond motifs is 2. The lowest BCUT2D eigenvalue weighted by Gasteiger charge is -2.27. The van der Waals surface area contributed by atoms with Crippen LogP contribution in [0.4, 0.5) is 0 Å². The Kier molecular flexibility index (Phi) is 4.05. The largest absolute Gasteiger partial charge is 0.274 e. The third kappa shape index (κ3) is 2.81. The highest BCUT2D eigenvalue weighted by Crippen LogP contribution is 2.38. The van der Waals surface area contributed by atoms with E-state index in [1.807, 2.05) is 55.5 Å². The predicted molar refractivity (Wildman–Crippen MR) is 96.2 cm³/mol. The molecule has 0 heterocycles. The van der Waals surface area contributed by atoms with Gasteiger partial charge in [-0.1, -0.05) is 66.2 Å². The molecule has 0 saturated carbocycles. The first-order chi connectivity index (χ1) is 11.7. The summed E-state index contributed by atoms with van der Waals surface area (Å²) in [5.74, 6) is 0. The zero-order valence-corrected chi connectivity index (χ0v) is 14.3. The van der Waals surface area contributed by atoms with E-state index in [2.05, 4.69) is 24.3 Å². The maximum atomic E-state index is 12.7. The van der Waals surface area contributed by atoms with E-state index >= 15 is 0 Å². The summed E-state index contributed by atoms with van der Waals surface area (Å²) in [4.78, 5) is 0.695. The molecule has 1 atom stereocenters. The Hall–Kier alpha value is -2.23. The lowest BCUT2D eigenvalue weighted by molar-refractivity contribution is 0.270. The highest BCUT2D eigenvalue weighted by molar-refractivity contribution is 7.80. The van der Waals surface area contributed by atoms with Crippen molar-refractivity contribution in [1.82, 2.24) is 0 Å². The standard InChI is InChI=1S/C21H18O2S/c1-15-10-12-18(13-11-15)24(22)23-21-19-8-4-2-6-16(19)14-17-7-3-5-9-20(17)21/h2-13,21H,14H2,1H3/t24-/m1/s1. The van der Waals surface area contributed by atoms with Gasteiger partial charge in [0.05, 0.1) is 4.90 Å². The van der Waals surface area contributed by atoms with Crippen LogP contribution in [0.3, 0.4) is 0 Å². The second-order valence-corrected chi connectivity index (χ2v) is 7.23. The van der Waals surface area contributed by atoms with E-state index in [4.69, 9.17) is 4.18 Å². The smallest absolute Gasteiger partial charge is 0.190 e. The molecule has 120 valence electrons. The van der Waals surface area contributed by atoms with Gasteiger partial charge in [0.15, 0.2) is 11.1 Å². The normalized spacial score (nSPS) is 14.7. The first-order valence-corrected chi connectivity index (χ1v) is 9.11. The zero-order valence-electron chi connectivity index (χ0n) is 13.4. The van der Waals surface area contributed by atoms with Gasteiger partial charge in [0.1, 0.15) is 6.10 Å². The van der Waals surface area contributed by atoms with Crippen LogP contribution in [0.2, 0.25) is 0 Å². The topological polar surface area (TPSA) is 26.3 Å². The van der Waals surface area contributed by atoms with Crippen LogP contribution in [0, 0.1) is 6.92 Å². The van der Waals surface area contributed by atoms with Crippen molar-refractivity contribution in [3.63, 3.8) is 0 Å². The van der Waals surface area contributed by atoms with Gasteiger partial charge >= 0.3 is 0 Å². The maximum Gasteiger partial charge on any atom is 0.190 e. The third-order valence-electron chi connectivity index (χ3n) is 4.45. The van der Waals surface area contributed by atoms with Gasteiger partial charge in [-0.05, 0) is 47.7 Å². The van der Waals surface area contributed by atoms with Gasteiger partial charge in [0, 0.05) is 0 Å². The first-order valence-electron chi connectivity index (χ1n) is 8.03. The Balaban J connectivity index is 1.72. The monoisotopic (exact) mass is 334 g/mol. The van der Waals surface area contributed by atoms with Crippen molar-refractivity contribution in [3.05, 3.63) is 101 Å². The molecule has 1 aliphatic rings. The van der Waals surface area contributed by atoms with Crippen LogP contribution in [0.1, 0.15) is 33.9 Å². The summed E-state index contributed by atoms with van der Waals surface area (Å²) in [5, 5.41) is 0. The van der Waals surface area contributed by atoms with Crippen molar-refractivity contribution in [2.75, 3.05) is 0 Å². The second-order valence-electron chi connectivity index (χ2n) is 6.10. The van der Waals surface area contributed by atoms with Crippen molar-refractivity contribution in [3.8, 4) is 0 Å². The van der Waals surface area contributed by atoms with Crippen molar-refractivity contribution < 1.29 is 8.39 Å². The molecule has 24 heavy (non-hydrogen) atoms. The van der Waals surface area contributed by atoms with Gasteiger partial charge in [-0.25, -0.2) is 4.21 Å². The fourth-order valence-corrected chi connectivity index (χ4v) is 4.02. The van der Waals surface area contributed by atoms with E-state index in [1.165, 1.54) is 11.1 Å². The SMILES string of the molecule is Cc1ccc([S@](=O)OC2c3ccccc3Cc3ccccc32)cc1. The summed E-state index contributed by atoms with van der Waals surface area (Å²) >= 11 is -1.50. The molecule has 2 nitrogen and oxygen atoms in total. The molecule has 3 aromatic carbocycles. The van der Waals surface area contributed by atoms with Gasteiger partial charge in [0.2, 0.25) is 0 Å². The molecule has 3 aromatic rings. The van der Waals surface area contributed by atoms with Crippen molar-refractivity contribution >= 4 is 11.1 Å². The fraction of sp³-hybridized carbons (Fsp3) is 0.143. The average Bonchev–Trinajstić information content (AvgIpc) is 2.62. The number of hydrogen-bond donors (Lipinski definition) is 0. The average molecular weight is 334 g/mol. The number of hydrogen-bond acceptors (Lipinski definition) is 2. The number of rotatable bonds is 3. The molecule has 0 amide bonds. The molecule has 0 N–H and O–H groups in total. The molecule has 0 bridgehead atoms. The second kappa shape index (κ2) is 6.34. The Morgan fingerprint density at radius 3 is 1.96 bits per heavy atom. The summed E-state index contributed by atoms with van der Waals surface area (Å²) in [5.41, 5.74) is 5.83. The Morgan fingerprint density at radius 1 is 0.833 bits per heavy atom. The Bertz CT molecular complexity index is 854. The van der Waals surface area contributed by atoms with Crippen molar-refractivity contribution in [2.45, 2.75) is 24.3 Å². The molecule has 0 radical (unpaired) electrons. The molecular weight excluding hydrogens is 316 g/mol. The van der Waals surface area contributed by atoms with Crippen molar-refractivity contribution in [1.29, 1.82) is 0 Å². The van der Waals surface area contributed by atoms with Gasteiger partial charge < -0.3 is 0 Å². The fourth-order valence-electron chi connectivity index (χ4n) is 3.17. The molecule has 0 aromatic heterocycles. The molecule has 0 aliphatic heterocycles. The lowest BCUT2D eigenvalue weighted by atomic mass is 9.84. The Morgan fingerprint density at radius 2 is 1.38 bits per heavy atom. The van der Waals surface area contributed by atoms with Gasteiger partial charge in [0.25, 0.3) is 0 Å². The summed E-state index contributed by atoms with van der Waals surface area (Å²) < 4.78 is 18.8. The zero-order chi connectivity index (χ0) is 16.5. The molecule has 4 rings (SSSR count). The van der Waals surface area contributed by atoms with E-state index in [1.54, 1.807) is 0 Å². The third-order valence-corrected chi connectivity index (χ3v) is 5.48. The minimum absolute atomic E-state index is 0.298. The van der Waals surface area contributed by atoms with E-state index in [9.17, 15) is 4.21 Å². The van der Waals surface area contributed by atoms with Crippen LogP contribution < -0.4 is 0 Å². The maximum absolute atomic E-state index is 12.7. The van der Waals surface area contributed by atoms with E-state index in [0.29, 0.717) is 4.90 Å². The minimum Gasteiger partial charge on any atom is -0.274 e. The molecule has 3 heteroatoms. The molecule has 1 aliphatic carbocycles. The van der Waals surface area contributed by atoms with Crippen molar-refractivity contribution in [2.24, 2.45) is 0 Å². The van der Waals surface area contributed by atoms with Crippen LogP contribution in [-0.4, -0.2) is 4.21 Å². The van der Waals surface area contributed by atoms with Crippen LogP contribution in [0.5, 0.6) is 0 Å². The molecular formula is C21H18O2S. The van der Waals surface area contributed by atoms with Gasteiger partial charge in [-0.3, -0.25) is 4.18 Å². The van der Waals surface area contributed by atoms with Gasteiger partial charge in [-0.2, -0.15) is 0 Å². The summed E-state index contributed by atoms with van der Waals surface area (Å²) in [6, 6.07) is 24.1. The lowest BCUT2D eigenvalue weighted by Crippen LogP contribution is -2.17. The quantitative estimate of drug-likeness (QED) is 0.692. The van der Waals surface area contributed by atoms with Gasteiger partial charge in [-0.15, -0.1) is 0 Å². The molecule has 0 unspecified atom stereocenters. The van der Waals surface area contributed by atoms with Crippen LogP contribution >= 0.6 is 0 Å². The Labute approximate surface area is 144 Å². The molecule has 0 fully saturated rings. The predicted octanol–water partition coefficient (Wildman–Crippen LogP) is 4.73. The first kappa shape index (κ1) is 15.3.